The number of pyridine rings is 1. The summed E-state index contributed by atoms with van der Waals surface area (Å²) in [5, 5.41) is 25.0. The molecule has 0 spiro atoms. The van der Waals surface area contributed by atoms with Crippen molar-refractivity contribution in [1.82, 2.24) is 25.2 Å². The van der Waals surface area contributed by atoms with Crippen molar-refractivity contribution in [3.05, 3.63) is 49.5 Å². The van der Waals surface area contributed by atoms with Crippen LogP contribution in [0, 0.1) is 0 Å². The van der Waals surface area contributed by atoms with Crippen LogP contribution >= 0.6 is 70.2 Å². The monoisotopic (exact) mass is 650 g/mol. The van der Waals surface area contributed by atoms with E-state index in [0.29, 0.717) is 41.7 Å². The van der Waals surface area contributed by atoms with Gasteiger partial charge in [0.15, 0.2) is 5.16 Å². The van der Waals surface area contributed by atoms with E-state index in [1.165, 1.54) is 58.6 Å². The Morgan fingerprint density at radius 1 is 1.21 bits per heavy atom. The smallest absolute Gasteiger partial charge is 0.353 e. The van der Waals surface area contributed by atoms with Gasteiger partial charge in [-0.1, -0.05) is 35.0 Å². The molecule has 2 aromatic rings. The Morgan fingerprint density at radius 2 is 1.95 bits per heavy atom. The van der Waals surface area contributed by atoms with Crippen molar-refractivity contribution in [2.75, 3.05) is 35.1 Å². The molecule has 39 heavy (non-hydrogen) atoms. The number of H-pyrrole nitrogens is 1. The fourth-order valence-corrected chi connectivity index (χ4v) is 8.60. The Bertz CT molecular complexity index is 1360. The predicted octanol–water partition coefficient (Wildman–Crippen LogP) is 2.15. The number of aliphatic hydroxyl groups excluding tert-OH is 1. The second kappa shape index (κ2) is 13.5. The summed E-state index contributed by atoms with van der Waals surface area (Å²) in [6, 6.07) is 0.410. The van der Waals surface area contributed by atoms with Gasteiger partial charge in [0.2, 0.25) is 5.91 Å². The average molecular weight is 652 g/mol. The van der Waals surface area contributed by atoms with Crippen LogP contribution in [0.5, 0.6) is 0 Å². The van der Waals surface area contributed by atoms with Gasteiger partial charge in [-0.15, -0.1) is 35.3 Å². The van der Waals surface area contributed by atoms with Crippen molar-refractivity contribution in [2.24, 2.45) is 0 Å². The molecule has 4 heterocycles. The summed E-state index contributed by atoms with van der Waals surface area (Å²) < 4.78 is 0. The van der Waals surface area contributed by atoms with Crippen molar-refractivity contribution in [3.8, 4) is 0 Å². The lowest BCUT2D eigenvalue weighted by molar-refractivity contribution is -0.150. The van der Waals surface area contributed by atoms with Crippen LogP contribution < -0.4 is 16.2 Å². The summed E-state index contributed by atoms with van der Waals surface area (Å²) >= 11 is 17.0. The maximum absolute atomic E-state index is 12.9. The SMILES string of the molecule is O=C(CSc1c(Cl)cncc1Cl)NC1C(=O)N2C(C(=O)O)=C(SCSc3nc(NCCO)cc(=O)[nH]3)CSC12. The van der Waals surface area contributed by atoms with Gasteiger partial charge in [0, 0.05) is 40.6 Å². The number of rotatable bonds is 12. The maximum atomic E-state index is 12.9. The summed E-state index contributed by atoms with van der Waals surface area (Å²) in [5.74, 6) is -1.58. The number of hydrogen-bond donors (Lipinski definition) is 5. The van der Waals surface area contributed by atoms with Crippen LogP contribution in [-0.2, 0) is 14.4 Å². The molecular formula is C21H20Cl2N6O6S4. The molecule has 2 aliphatic rings. The first-order valence-corrected chi connectivity index (χ1v) is 15.8. The van der Waals surface area contributed by atoms with E-state index in [1.807, 2.05) is 0 Å². The molecule has 12 nitrogen and oxygen atoms in total. The highest BCUT2D eigenvalue weighted by atomic mass is 35.5. The van der Waals surface area contributed by atoms with Crippen molar-refractivity contribution < 1.29 is 24.6 Å². The highest BCUT2D eigenvalue weighted by Crippen LogP contribution is 2.44. The quantitative estimate of drug-likeness (QED) is 0.0977. The number of fused-ring (bicyclic) bond motifs is 1. The molecule has 0 radical (unpaired) electrons. The predicted molar refractivity (Wildman–Crippen MR) is 153 cm³/mol. The summed E-state index contributed by atoms with van der Waals surface area (Å²) in [6.45, 7) is 0.117. The third kappa shape index (κ3) is 7.17. The molecule has 0 saturated carbocycles. The minimum Gasteiger partial charge on any atom is -0.477 e. The number of amides is 2. The number of halogens is 2. The van der Waals surface area contributed by atoms with Gasteiger partial charge in [0.1, 0.15) is 22.9 Å². The Hall–Kier alpha value is -2.08. The van der Waals surface area contributed by atoms with E-state index in [0.717, 1.165) is 11.8 Å². The number of aliphatic hydroxyl groups is 1. The largest absolute Gasteiger partial charge is 0.477 e. The van der Waals surface area contributed by atoms with E-state index in [2.05, 4.69) is 25.6 Å². The summed E-state index contributed by atoms with van der Waals surface area (Å²) in [7, 11) is 0. The van der Waals surface area contributed by atoms with Gasteiger partial charge < -0.3 is 25.8 Å². The molecule has 2 unspecified atom stereocenters. The van der Waals surface area contributed by atoms with Crippen LogP contribution in [0.15, 0.2) is 43.9 Å². The fourth-order valence-electron chi connectivity index (χ4n) is 3.53. The summed E-state index contributed by atoms with van der Waals surface area (Å²) in [5.41, 5.74) is -0.492. The van der Waals surface area contributed by atoms with Gasteiger partial charge >= 0.3 is 5.97 Å². The number of carbonyl (C=O) groups excluding carboxylic acids is 2. The first-order valence-electron chi connectivity index (χ1n) is 11.0. The standard InChI is InChI=1S/C21H20Cl2N6O6S4/c22-9-4-24-5-10(23)17(9)36-7-14(32)27-15-18(33)29-16(20(34)35)11(6-37-19(15)29)38-8-39-21-26-12(25-1-2-30)3-13(31)28-21/h3-5,15,19,30H,1-2,6-8H2,(H,27,32)(H,34,35)(H2,25,26,28,31). The number of hydrogen-bond acceptors (Lipinski definition) is 12. The minimum absolute atomic E-state index is 0.0442. The zero-order valence-electron chi connectivity index (χ0n) is 19.7. The molecule has 0 bridgehead atoms. The molecule has 2 aliphatic heterocycles. The van der Waals surface area contributed by atoms with E-state index < -0.39 is 29.2 Å². The molecule has 2 aromatic heterocycles. The number of nitrogens with zero attached hydrogens (tertiary/aromatic N) is 3. The minimum atomic E-state index is -1.25. The second-order valence-electron chi connectivity index (χ2n) is 7.75. The third-order valence-electron chi connectivity index (χ3n) is 5.18. The number of carboxylic acids is 1. The Kier molecular flexibility index (Phi) is 10.4. The van der Waals surface area contributed by atoms with Crippen molar-refractivity contribution in [2.45, 2.75) is 21.5 Å². The molecule has 2 atom stereocenters. The van der Waals surface area contributed by atoms with Gasteiger partial charge in [-0.05, 0) is 0 Å². The molecule has 5 N–H and O–H groups in total. The number of carboxylic acid groups (broad SMARTS) is 1. The molecule has 0 aliphatic carbocycles. The molecule has 208 valence electrons. The van der Waals surface area contributed by atoms with Gasteiger partial charge in [-0.2, -0.15) is 0 Å². The number of carbonyl (C=O) groups is 3. The maximum Gasteiger partial charge on any atom is 0.353 e. The van der Waals surface area contributed by atoms with Crippen molar-refractivity contribution in [3.63, 3.8) is 0 Å². The van der Waals surface area contributed by atoms with Crippen molar-refractivity contribution >= 4 is 93.9 Å². The van der Waals surface area contributed by atoms with Gasteiger partial charge in [-0.25, -0.2) is 9.78 Å². The van der Waals surface area contributed by atoms with Crippen LogP contribution in [0.2, 0.25) is 10.0 Å². The highest BCUT2D eigenvalue weighted by Gasteiger charge is 2.54. The van der Waals surface area contributed by atoms with Gasteiger partial charge in [-0.3, -0.25) is 24.3 Å². The van der Waals surface area contributed by atoms with E-state index in [9.17, 15) is 24.3 Å². The molecular weight excluding hydrogens is 631 g/mol. The average Bonchev–Trinajstić information content (AvgIpc) is 2.89. The van der Waals surface area contributed by atoms with Crippen LogP contribution in [-0.4, -0.2) is 89.0 Å². The fraction of sp³-hybridized carbons (Fsp3) is 0.333. The number of β-lactam (4-membered cyclic amide) rings is 1. The van der Waals surface area contributed by atoms with Crippen molar-refractivity contribution in [1.29, 1.82) is 0 Å². The van der Waals surface area contributed by atoms with Crippen LogP contribution in [0.25, 0.3) is 0 Å². The Morgan fingerprint density at radius 3 is 2.64 bits per heavy atom. The van der Waals surface area contributed by atoms with E-state index in [-0.39, 0.29) is 30.2 Å². The molecule has 2 amide bonds. The lowest BCUT2D eigenvalue weighted by Gasteiger charge is -2.49. The first-order chi connectivity index (χ1) is 18.7. The zero-order valence-corrected chi connectivity index (χ0v) is 24.5. The zero-order chi connectivity index (χ0) is 28.1. The second-order valence-corrected chi connectivity index (χ2v) is 13.1. The molecule has 1 saturated heterocycles. The van der Waals surface area contributed by atoms with E-state index in [1.54, 1.807) is 0 Å². The third-order valence-corrected chi connectivity index (χ3v) is 10.7. The van der Waals surface area contributed by atoms with Crippen LogP contribution in [0.4, 0.5) is 5.82 Å². The number of nitrogens with one attached hydrogen (secondary N) is 3. The summed E-state index contributed by atoms with van der Waals surface area (Å²) in [4.78, 5) is 62.2. The van der Waals surface area contributed by atoms with Gasteiger partial charge in [0.05, 0.1) is 27.5 Å². The number of aromatic amines is 1. The first kappa shape index (κ1) is 29.9. The van der Waals surface area contributed by atoms with Gasteiger partial charge in [0.25, 0.3) is 11.5 Å². The van der Waals surface area contributed by atoms with Crippen LogP contribution in [0.3, 0.4) is 0 Å². The number of anilines is 1. The lowest BCUT2D eigenvalue weighted by Crippen LogP contribution is -2.70. The number of thioether (sulfide) groups is 4. The highest BCUT2D eigenvalue weighted by molar-refractivity contribution is 8.18. The topological polar surface area (TPSA) is 178 Å². The number of aliphatic carboxylic acids is 1. The molecule has 4 rings (SSSR count). The van der Waals surface area contributed by atoms with Crippen LogP contribution in [0.1, 0.15) is 0 Å². The molecule has 18 heteroatoms. The Balaban J connectivity index is 1.36. The van der Waals surface area contributed by atoms with E-state index in [4.69, 9.17) is 28.3 Å². The van der Waals surface area contributed by atoms with E-state index >= 15 is 0 Å². The summed E-state index contributed by atoms with van der Waals surface area (Å²) in [6.07, 6.45) is 2.83. The lowest BCUT2D eigenvalue weighted by atomic mass is 10.1. The number of aromatic nitrogens is 3. The normalized spacial score (nSPS) is 18.4. The Labute approximate surface area is 248 Å². The molecule has 0 aromatic carbocycles. The molecule has 1 fully saturated rings.